The molecule has 2 aromatic rings. The summed E-state index contributed by atoms with van der Waals surface area (Å²) in [6, 6.07) is 9.91. The van der Waals surface area contributed by atoms with Gasteiger partial charge in [0.2, 0.25) is 0 Å². The molecule has 1 aromatic carbocycles. The molecule has 0 aliphatic rings. The lowest BCUT2D eigenvalue weighted by atomic mass is 10.1. The minimum atomic E-state index is 0.0549. The molecule has 0 saturated heterocycles. The van der Waals surface area contributed by atoms with Crippen LogP contribution in [0.2, 0.25) is 5.02 Å². The van der Waals surface area contributed by atoms with Crippen molar-refractivity contribution < 1.29 is 4.74 Å². The number of nitrogens with one attached hydrogen (secondary N) is 1. The highest BCUT2D eigenvalue weighted by molar-refractivity contribution is 9.10. The molecule has 0 saturated carbocycles. The van der Waals surface area contributed by atoms with Gasteiger partial charge in [0.1, 0.15) is 11.9 Å². The van der Waals surface area contributed by atoms with Crippen LogP contribution in [0.1, 0.15) is 11.8 Å². The van der Waals surface area contributed by atoms with Gasteiger partial charge in [-0.3, -0.25) is 0 Å². The molecule has 5 heteroatoms. The number of hydrogen-bond acceptors (Lipinski definition) is 3. The summed E-state index contributed by atoms with van der Waals surface area (Å²) in [6.07, 6.45) is 0.994. The molecule has 0 fully saturated rings. The lowest BCUT2D eigenvalue weighted by molar-refractivity contribution is 0.174. The average molecular weight is 375 g/mol. The minimum Gasteiger partial charge on any atom is -0.489 e. The van der Waals surface area contributed by atoms with Gasteiger partial charge in [0.25, 0.3) is 0 Å². The maximum Gasteiger partial charge on any atom is 0.121 e. The predicted octanol–water partition coefficient (Wildman–Crippen LogP) is 4.76. The molecule has 0 aliphatic carbocycles. The zero-order valence-electron chi connectivity index (χ0n) is 11.4. The van der Waals surface area contributed by atoms with Gasteiger partial charge >= 0.3 is 0 Å². The highest BCUT2D eigenvalue weighted by atomic mass is 79.9. The van der Waals surface area contributed by atoms with E-state index in [0.717, 1.165) is 16.6 Å². The van der Waals surface area contributed by atoms with E-state index in [1.54, 1.807) is 11.3 Å². The largest absolute Gasteiger partial charge is 0.489 e. The number of halogens is 2. The molecule has 0 bridgehead atoms. The molecule has 1 aromatic heterocycles. The Bertz CT molecular complexity index is 560. The molecule has 1 N–H and O–H groups in total. The lowest BCUT2D eigenvalue weighted by Gasteiger charge is -2.24. The number of rotatable bonds is 6. The second-order valence-corrected chi connectivity index (χ2v) is 6.96. The van der Waals surface area contributed by atoms with E-state index in [1.165, 1.54) is 4.88 Å². The fraction of sp³-hybridized carbons (Fsp3) is 0.333. The number of thiophene rings is 1. The van der Waals surface area contributed by atoms with Gasteiger partial charge in [0.05, 0.1) is 0 Å². The van der Waals surface area contributed by atoms with E-state index in [0.29, 0.717) is 5.02 Å². The molecule has 2 unspecified atom stereocenters. The van der Waals surface area contributed by atoms with Gasteiger partial charge in [-0.2, -0.15) is 0 Å². The van der Waals surface area contributed by atoms with Crippen LogP contribution in [0.15, 0.2) is 40.2 Å². The number of hydrogen-bond donors (Lipinski definition) is 1. The Morgan fingerprint density at radius 1 is 1.40 bits per heavy atom. The molecule has 2 nitrogen and oxygen atoms in total. The molecular formula is C15H17BrClNOS. The van der Waals surface area contributed by atoms with Crippen LogP contribution in [0.3, 0.4) is 0 Å². The van der Waals surface area contributed by atoms with Crippen LogP contribution < -0.4 is 10.1 Å². The average Bonchev–Trinajstić information content (AvgIpc) is 2.81. The first-order chi connectivity index (χ1) is 9.58. The third kappa shape index (κ3) is 4.48. The molecule has 0 spiro atoms. The topological polar surface area (TPSA) is 21.3 Å². The maximum atomic E-state index is 5.98. The van der Waals surface area contributed by atoms with E-state index in [1.807, 2.05) is 31.3 Å². The first-order valence-corrected chi connectivity index (χ1v) is 8.46. The van der Waals surface area contributed by atoms with E-state index in [2.05, 4.69) is 39.6 Å². The predicted molar refractivity (Wildman–Crippen MR) is 90.1 cm³/mol. The first kappa shape index (κ1) is 15.8. The summed E-state index contributed by atoms with van der Waals surface area (Å²) in [5, 5.41) is 6.12. The van der Waals surface area contributed by atoms with Crippen LogP contribution in [-0.4, -0.2) is 19.2 Å². The number of ether oxygens (including phenoxy) is 1. The summed E-state index contributed by atoms with van der Waals surface area (Å²) in [5.74, 6) is 0.803. The smallest absolute Gasteiger partial charge is 0.121 e. The van der Waals surface area contributed by atoms with Crippen molar-refractivity contribution in [1.82, 2.24) is 5.32 Å². The van der Waals surface area contributed by atoms with E-state index in [4.69, 9.17) is 16.3 Å². The Morgan fingerprint density at radius 2 is 2.20 bits per heavy atom. The Balaban J connectivity index is 1.99. The second-order valence-electron chi connectivity index (χ2n) is 4.61. The Labute approximate surface area is 137 Å². The quantitative estimate of drug-likeness (QED) is 0.787. The maximum absolute atomic E-state index is 5.98. The normalized spacial score (nSPS) is 14.0. The van der Waals surface area contributed by atoms with Gasteiger partial charge in [-0.05, 0) is 54.2 Å². The van der Waals surface area contributed by atoms with Crippen molar-refractivity contribution >= 4 is 38.9 Å². The fourth-order valence-electron chi connectivity index (χ4n) is 2.02. The Hall–Kier alpha value is -0.550. The van der Waals surface area contributed by atoms with Crippen LogP contribution in [0, 0.1) is 0 Å². The second kappa shape index (κ2) is 7.46. The van der Waals surface area contributed by atoms with Crippen molar-refractivity contribution in [1.29, 1.82) is 0 Å². The molecule has 0 amide bonds. The monoisotopic (exact) mass is 373 g/mol. The van der Waals surface area contributed by atoms with Crippen LogP contribution in [0.4, 0.5) is 0 Å². The molecule has 20 heavy (non-hydrogen) atoms. The van der Waals surface area contributed by atoms with E-state index in [9.17, 15) is 0 Å². The highest BCUT2D eigenvalue weighted by Crippen LogP contribution is 2.23. The van der Waals surface area contributed by atoms with Crippen molar-refractivity contribution in [3.05, 3.63) is 50.1 Å². The third-order valence-corrected chi connectivity index (χ3v) is 5.05. The van der Waals surface area contributed by atoms with Crippen LogP contribution >= 0.6 is 38.9 Å². The molecule has 2 atom stereocenters. The Kier molecular flexibility index (Phi) is 5.90. The molecular weight excluding hydrogens is 358 g/mol. The first-order valence-electron chi connectivity index (χ1n) is 6.41. The summed E-state index contributed by atoms with van der Waals surface area (Å²) < 4.78 is 7.11. The third-order valence-electron chi connectivity index (χ3n) is 3.10. The highest BCUT2D eigenvalue weighted by Gasteiger charge is 2.18. The van der Waals surface area contributed by atoms with Crippen LogP contribution in [0.5, 0.6) is 5.75 Å². The molecule has 0 aliphatic heterocycles. The SMILES string of the molecule is CNC(Cc1cc(Br)cs1)C(C)Oc1cccc(Cl)c1. The summed E-state index contributed by atoms with van der Waals surface area (Å²) in [6.45, 7) is 2.07. The molecule has 2 rings (SSSR count). The van der Waals surface area contributed by atoms with Gasteiger partial charge < -0.3 is 10.1 Å². The van der Waals surface area contributed by atoms with Crippen molar-refractivity contribution in [3.63, 3.8) is 0 Å². The van der Waals surface area contributed by atoms with Crippen molar-refractivity contribution in [3.8, 4) is 5.75 Å². The van der Waals surface area contributed by atoms with Crippen LogP contribution in [0.25, 0.3) is 0 Å². The number of benzene rings is 1. The Morgan fingerprint density at radius 3 is 2.80 bits per heavy atom. The zero-order valence-corrected chi connectivity index (χ0v) is 14.6. The summed E-state index contributed by atoms with van der Waals surface area (Å²) in [7, 11) is 1.96. The van der Waals surface area contributed by atoms with E-state index < -0.39 is 0 Å². The minimum absolute atomic E-state index is 0.0549. The summed E-state index contributed by atoms with van der Waals surface area (Å²) in [4.78, 5) is 1.33. The van der Waals surface area contributed by atoms with Gasteiger partial charge in [0.15, 0.2) is 0 Å². The molecule has 1 heterocycles. The molecule has 108 valence electrons. The van der Waals surface area contributed by atoms with Gasteiger partial charge in [-0.15, -0.1) is 11.3 Å². The van der Waals surface area contributed by atoms with Crippen molar-refractivity contribution in [2.24, 2.45) is 0 Å². The van der Waals surface area contributed by atoms with Gasteiger partial charge in [0, 0.05) is 32.2 Å². The zero-order chi connectivity index (χ0) is 14.5. The summed E-state index contributed by atoms with van der Waals surface area (Å²) >= 11 is 11.2. The van der Waals surface area contributed by atoms with Crippen LogP contribution in [-0.2, 0) is 6.42 Å². The van der Waals surface area contributed by atoms with Crippen molar-refractivity contribution in [2.45, 2.75) is 25.5 Å². The fourth-order valence-corrected chi connectivity index (χ4v) is 3.71. The number of likely N-dealkylation sites (N-methyl/N-ethyl adjacent to an activating group) is 1. The lowest BCUT2D eigenvalue weighted by Crippen LogP contribution is -2.40. The standard InChI is InChI=1S/C15H17BrClNOS/c1-10(19-13-5-3-4-12(17)7-13)15(18-2)8-14-6-11(16)9-20-14/h3-7,9-10,15,18H,8H2,1-2H3. The van der Waals surface area contributed by atoms with Gasteiger partial charge in [-0.25, -0.2) is 0 Å². The molecule has 0 radical (unpaired) electrons. The van der Waals surface area contributed by atoms with E-state index >= 15 is 0 Å². The summed E-state index contributed by atoms with van der Waals surface area (Å²) in [5.41, 5.74) is 0. The van der Waals surface area contributed by atoms with Gasteiger partial charge in [-0.1, -0.05) is 17.7 Å². The van der Waals surface area contributed by atoms with E-state index in [-0.39, 0.29) is 12.1 Å². The van der Waals surface area contributed by atoms with Crippen molar-refractivity contribution in [2.75, 3.05) is 7.05 Å².